The molecule has 142 valence electrons. The molecule has 26 heavy (non-hydrogen) atoms. The summed E-state index contributed by atoms with van der Waals surface area (Å²) < 4.78 is 25.8. The highest BCUT2D eigenvalue weighted by atomic mass is 19.1. The van der Waals surface area contributed by atoms with Gasteiger partial charge in [-0.2, -0.15) is 0 Å². The predicted octanol–water partition coefficient (Wildman–Crippen LogP) is 2.58. The smallest absolute Gasteiger partial charge is 0.260 e. The van der Waals surface area contributed by atoms with E-state index in [9.17, 15) is 9.18 Å². The maximum absolute atomic E-state index is 13.8. The summed E-state index contributed by atoms with van der Waals surface area (Å²) in [5.41, 5.74) is 7.17. The highest BCUT2D eigenvalue weighted by Gasteiger charge is 2.35. The van der Waals surface area contributed by atoms with Crippen molar-refractivity contribution in [3.05, 3.63) is 29.6 Å². The van der Waals surface area contributed by atoms with Crippen LogP contribution in [0.25, 0.3) is 0 Å². The van der Waals surface area contributed by atoms with Crippen molar-refractivity contribution in [1.82, 2.24) is 4.90 Å². The second kappa shape index (κ2) is 7.53. The van der Waals surface area contributed by atoms with Crippen LogP contribution in [0.15, 0.2) is 18.2 Å². The summed E-state index contributed by atoms with van der Waals surface area (Å²) >= 11 is 0. The molecule has 0 aromatic heterocycles. The second-order valence-corrected chi connectivity index (χ2v) is 7.74. The molecule has 1 aliphatic carbocycles. The molecule has 3 aliphatic heterocycles. The van der Waals surface area contributed by atoms with Crippen molar-refractivity contribution in [2.24, 2.45) is 5.73 Å². The number of ether oxygens (including phenoxy) is 2. The molecular weight excluding hydrogens is 335 g/mol. The van der Waals surface area contributed by atoms with Crippen LogP contribution in [0, 0.1) is 5.82 Å². The van der Waals surface area contributed by atoms with Crippen molar-refractivity contribution in [3.63, 3.8) is 0 Å². The monoisotopic (exact) mass is 362 g/mol. The quantitative estimate of drug-likeness (QED) is 0.770. The van der Waals surface area contributed by atoms with Gasteiger partial charge in [0.05, 0.1) is 18.8 Å². The number of hydrogen-bond donors (Lipinski definition) is 1. The first-order valence-electron chi connectivity index (χ1n) is 9.70. The van der Waals surface area contributed by atoms with E-state index in [0.29, 0.717) is 18.9 Å². The molecular formula is C20H27FN2O3. The number of amides is 1. The van der Waals surface area contributed by atoms with Crippen molar-refractivity contribution in [1.29, 1.82) is 0 Å². The molecule has 6 heteroatoms. The van der Waals surface area contributed by atoms with E-state index in [1.807, 2.05) is 4.90 Å². The van der Waals surface area contributed by atoms with Gasteiger partial charge in [-0.05, 0) is 62.6 Å². The van der Waals surface area contributed by atoms with Crippen LogP contribution in [0.3, 0.4) is 0 Å². The van der Waals surface area contributed by atoms with Crippen LogP contribution in [0.1, 0.15) is 50.0 Å². The number of carbonyl (C=O) groups is 1. The Bertz CT molecular complexity index is 660. The van der Waals surface area contributed by atoms with Crippen LogP contribution in [-0.4, -0.2) is 48.8 Å². The van der Waals surface area contributed by atoms with Gasteiger partial charge in [0.2, 0.25) is 0 Å². The molecule has 3 heterocycles. The Kier molecular flexibility index (Phi) is 5.14. The number of fused-ring (bicyclic) bond motifs is 5. The zero-order chi connectivity index (χ0) is 18.1. The van der Waals surface area contributed by atoms with E-state index in [4.69, 9.17) is 15.2 Å². The molecule has 0 radical (unpaired) electrons. The zero-order valence-electron chi connectivity index (χ0n) is 15.0. The summed E-state index contributed by atoms with van der Waals surface area (Å²) in [6, 6.07) is 4.46. The Morgan fingerprint density at radius 1 is 1.15 bits per heavy atom. The summed E-state index contributed by atoms with van der Waals surface area (Å²) in [7, 11) is 0. The summed E-state index contributed by atoms with van der Waals surface area (Å²) in [6.07, 6.45) is 5.77. The van der Waals surface area contributed by atoms with Crippen molar-refractivity contribution < 1.29 is 18.7 Å². The normalized spacial score (nSPS) is 32.5. The fourth-order valence-corrected chi connectivity index (χ4v) is 4.58. The Morgan fingerprint density at radius 2 is 1.96 bits per heavy atom. The number of nitrogens with two attached hydrogens (primary N) is 1. The highest BCUT2D eigenvalue weighted by Crippen LogP contribution is 2.39. The molecule has 4 aliphatic rings. The summed E-state index contributed by atoms with van der Waals surface area (Å²) in [4.78, 5) is 14.6. The summed E-state index contributed by atoms with van der Waals surface area (Å²) in [6.45, 7) is 1.13. The van der Waals surface area contributed by atoms with Gasteiger partial charge in [-0.1, -0.05) is 0 Å². The van der Waals surface area contributed by atoms with Crippen LogP contribution in [-0.2, 0) is 9.53 Å². The van der Waals surface area contributed by atoms with E-state index in [1.165, 1.54) is 6.07 Å². The van der Waals surface area contributed by atoms with E-state index in [2.05, 4.69) is 0 Å². The zero-order valence-corrected chi connectivity index (χ0v) is 15.0. The van der Waals surface area contributed by atoms with E-state index >= 15 is 0 Å². The number of carbonyl (C=O) groups excluding carboxylic acids is 1. The largest absolute Gasteiger partial charge is 0.483 e. The van der Waals surface area contributed by atoms with Crippen LogP contribution in [0.2, 0.25) is 0 Å². The minimum atomic E-state index is -0.261. The summed E-state index contributed by atoms with van der Waals surface area (Å²) in [5.74, 6) is 0.543. The Hall–Kier alpha value is -1.66. The number of rotatable bonds is 0. The van der Waals surface area contributed by atoms with Gasteiger partial charge < -0.3 is 20.1 Å². The first-order chi connectivity index (χ1) is 12.6. The molecule has 2 N–H and O–H groups in total. The third kappa shape index (κ3) is 3.58. The molecule has 2 fully saturated rings. The number of nitrogens with zero attached hydrogens (tertiary/aromatic N) is 1. The second-order valence-electron chi connectivity index (χ2n) is 7.74. The molecule has 2 bridgehead atoms. The van der Waals surface area contributed by atoms with Gasteiger partial charge in [0.15, 0.2) is 6.61 Å². The van der Waals surface area contributed by atoms with Crippen LogP contribution < -0.4 is 10.5 Å². The Labute approximate surface area is 153 Å². The molecule has 1 amide bonds. The van der Waals surface area contributed by atoms with Crippen LogP contribution >= 0.6 is 0 Å². The minimum Gasteiger partial charge on any atom is -0.483 e. The number of benzene rings is 1. The first kappa shape index (κ1) is 17.7. The third-order valence-corrected chi connectivity index (χ3v) is 6.09. The van der Waals surface area contributed by atoms with Crippen LogP contribution in [0.5, 0.6) is 5.75 Å². The lowest BCUT2D eigenvalue weighted by atomic mass is 9.82. The predicted molar refractivity (Wildman–Crippen MR) is 95.6 cm³/mol. The average Bonchev–Trinajstić information content (AvgIpc) is 2.67. The SMILES string of the molecule is N[C@H]1CCCN2C(=O)COc3ccc(F)cc3C3CCC(CC3)OC[C@@H]12. The van der Waals surface area contributed by atoms with Gasteiger partial charge in [0.25, 0.3) is 5.91 Å². The van der Waals surface area contributed by atoms with Crippen molar-refractivity contribution in [2.45, 2.75) is 62.6 Å². The molecule has 0 unspecified atom stereocenters. The van der Waals surface area contributed by atoms with Crippen molar-refractivity contribution in [3.8, 4) is 5.75 Å². The van der Waals surface area contributed by atoms with E-state index in [0.717, 1.165) is 44.1 Å². The maximum atomic E-state index is 13.8. The van der Waals surface area contributed by atoms with Gasteiger partial charge in [0, 0.05) is 18.2 Å². The molecule has 1 aromatic rings. The minimum absolute atomic E-state index is 0.0436. The lowest BCUT2D eigenvalue weighted by molar-refractivity contribution is -0.140. The van der Waals surface area contributed by atoms with E-state index in [-0.39, 0.29) is 42.4 Å². The topological polar surface area (TPSA) is 64.8 Å². The molecule has 5 rings (SSSR count). The third-order valence-electron chi connectivity index (χ3n) is 6.09. The molecule has 5 nitrogen and oxygen atoms in total. The van der Waals surface area contributed by atoms with Gasteiger partial charge >= 0.3 is 0 Å². The van der Waals surface area contributed by atoms with E-state index < -0.39 is 0 Å². The fraction of sp³-hybridized carbons (Fsp3) is 0.650. The molecule has 1 saturated carbocycles. The van der Waals surface area contributed by atoms with Gasteiger partial charge in [-0.15, -0.1) is 0 Å². The number of halogens is 1. The number of hydrogen-bond acceptors (Lipinski definition) is 4. The van der Waals surface area contributed by atoms with Crippen molar-refractivity contribution >= 4 is 5.91 Å². The fourth-order valence-electron chi connectivity index (χ4n) is 4.58. The lowest BCUT2D eigenvalue weighted by Crippen LogP contribution is -2.57. The Morgan fingerprint density at radius 3 is 2.77 bits per heavy atom. The van der Waals surface area contributed by atoms with Gasteiger partial charge in [-0.25, -0.2) is 4.39 Å². The summed E-state index contributed by atoms with van der Waals surface area (Å²) in [5, 5.41) is 0. The van der Waals surface area contributed by atoms with E-state index in [1.54, 1.807) is 12.1 Å². The maximum Gasteiger partial charge on any atom is 0.260 e. The van der Waals surface area contributed by atoms with Crippen molar-refractivity contribution in [2.75, 3.05) is 19.8 Å². The Balaban J connectivity index is 1.63. The van der Waals surface area contributed by atoms with Gasteiger partial charge in [0.1, 0.15) is 11.6 Å². The first-order valence-corrected chi connectivity index (χ1v) is 9.70. The molecule has 2 atom stereocenters. The highest BCUT2D eigenvalue weighted by molar-refractivity contribution is 5.78. The van der Waals surface area contributed by atoms with Gasteiger partial charge in [-0.3, -0.25) is 4.79 Å². The molecule has 0 spiro atoms. The number of piperidine rings is 1. The van der Waals surface area contributed by atoms with Crippen LogP contribution in [0.4, 0.5) is 4.39 Å². The standard InChI is InChI=1S/C20H27FN2O3/c21-14-5-8-19-16(10-14)13-3-6-15(7-4-13)25-11-18-17(22)2-1-9-23(18)20(24)12-26-19/h5,8,10,13,15,17-18H,1-4,6-7,9,11-12,22H2/t13?,15?,17-,18-/m0/s1. The lowest BCUT2D eigenvalue weighted by Gasteiger charge is -2.40. The molecule has 1 saturated heterocycles. The average molecular weight is 362 g/mol. The molecule has 1 aromatic carbocycles.